The predicted octanol–water partition coefficient (Wildman–Crippen LogP) is 2.88. The summed E-state index contributed by atoms with van der Waals surface area (Å²) in [6.07, 6.45) is 0. The largest absolute Gasteiger partial charge is 0.502 e. The SMILES string of the molecule is O=C(NCc1ccccc1)c1cc(Cl)cc([N+](=O)[O-])c1O. The molecule has 1 amide bonds. The number of hydrogen-bond donors (Lipinski definition) is 2. The van der Waals surface area contributed by atoms with Gasteiger partial charge in [-0.25, -0.2) is 0 Å². The van der Waals surface area contributed by atoms with E-state index in [2.05, 4.69) is 5.32 Å². The number of nitro benzene ring substituents is 1. The Bertz CT molecular complexity index is 689. The third-order valence-electron chi connectivity index (χ3n) is 2.79. The van der Waals surface area contributed by atoms with Gasteiger partial charge in [-0.15, -0.1) is 0 Å². The Hall–Kier alpha value is -2.60. The van der Waals surface area contributed by atoms with E-state index in [-0.39, 0.29) is 17.1 Å². The first-order valence-electron chi connectivity index (χ1n) is 5.98. The number of rotatable bonds is 4. The monoisotopic (exact) mass is 306 g/mol. The lowest BCUT2D eigenvalue weighted by molar-refractivity contribution is -0.385. The van der Waals surface area contributed by atoms with E-state index in [1.165, 1.54) is 6.07 Å². The van der Waals surface area contributed by atoms with Crippen LogP contribution in [0.5, 0.6) is 5.75 Å². The molecule has 2 rings (SSSR count). The molecule has 21 heavy (non-hydrogen) atoms. The second-order valence-electron chi connectivity index (χ2n) is 4.25. The minimum atomic E-state index is -0.796. The number of carbonyl (C=O) groups excluding carboxylic acids is 1. The van der Waals surface area contributed by atoms with Crippen molar-refractivity contribution in [1.29, 1.82) is 0 Å². The van der Waals surface area contributed by atoms with Gasteiger partial charge in [0.2, 0.25) is 5.75 Å². The van der Waals surface area contributed by atoms with Gasteiger partial charge in [0.15, 0.2) is 0 Å². The summed E-state index contributed by atoms with van der Waals surface area (Å²) in [4.78, 5) is 22.0. The van der Waals surface area contributed by atoms with E-state index in [1.54, 1.807) is 0 Å². The Morgan fingerprint density at radius 2 is 1.95 bits per heavy atom. The quantitative estimate of drug-likeness (QED) is 0.671. The Kier molecular flexibility index (Phi) is 4.39. The van der Waals surface area contributed by atoms with Crippen molar-refractivity contribution in [3.05, 3.63) is 68.7 Å². The maximum atomic E-state index is 12.0. The van der Waals surface area contributed by atoms with Crippen LogP contribution in [0.4, 0.5) is 5.69 Å². The van der Waals surface area contributed by atoms with Crippen molar-refractivity contribution in [3.8, 4) is 5.75 Å². The van der Waals surface area contributed by atoms with Crippen molar-refractivity contribution in [2.24, 2.45) is 0 Å². The normalized spacial score (nSPS) is 10.1. The Morgan fingerprint density at radius 1 is 1.29 bits per heavy atom. The lowest BCUT2D eigenvalue weighted by atomic mass is 10.1. The standard InChI is InChI=1S/C14H11ClN2O4/c15-10-6-11(13(18)12(7-10)17(20)21)14(19)16-8-9-4-2-1-3-5-9/h1-7,18H,8H2,(H,16,19). The molecular formula is C14H11ClN2O4. The molecule has 0 spiro atoms. The van der Waals surface area contributed by atoms with Gasteiger partial charge in [0.05, 0.1) is 10.5 Å². The fourth-order valence-electron chi connectivity index (χ4n) is 1.77. The maximum Gasteiger partial charge on any atom is 0.313 e. The van der Waals surface area contributed by atoms with Gasteiger partial charge in [-0.1, -0.05) is 41.9 Å². The predicted molar refractivity (Wildman–Crippen MR) is 77.4 cm³/mol. The number of halogens is 1. The second-order valence-corrected chi connectivity index (χ2v) is 4.68. The van der Waals surface area contributed by atoms with Crippen LogP contribution in [0.1, 0.15) is 15.9 Å². The molecule has 0 bridgehead atoms. The number of benzene rings is 2. The molecule has 0 radical (unpaired) electrons. The van der Waals surface area contributed by atoms with Crippen molar-refractivity contribution in [3.63, 3.8) is 0 Å². The van der Waals surface area contributed by atoms with Crippen LogP contribution in [0.3, 0.4) is 0 Å². The second kappa shape index (κ2) is 6.23. The molecule has 6 nitrogen and oxygen atoms in total. The Balaban J connectivity index is 2.21. The van der Waals surface area contributed by atoms with Crippen LogP contribution in [-0.4, -0.2) is 15.9 Å². The molecule has 0 unspecified atom stereocenters. The van der Waals surface area contributed by atoms with Gasteiger partial charge in [-0.2, -0.15) is 0 Å². The van der Waals surface area contributed by atoms with E-state index < -0.39 is 22.3 Å². The Morgan fingerprint density at radius 3 is 2.57 bits per heavy atom. The fraction of sp³-hybridized carbons (Fsp3) is 0.0714. The smallest absolute Gasteiger partial charge is 0.313 e. The summed E-state index contributed by atoms with van der Waals surface area (Å²) in [5, 5.41) is 23.1. The average Bonchev–Trinajstić information content (AvgIpc) is 2.47. The molecule has 0 aliphatic heterocycles. The first-order valence-corrected chi connectivity index (χ1v) is 6.36. The van der Waals surface area contributed by atoms with E-state index in [1.807, 2.05) is 30.3 Å². The van der Waals surface area contributed by atoms with E-state index >= 15 is 0 Å². The summed E-state index contributed by atoms with van der Waals surface area (Å²) in [5.74, 6) is -1.34. The molecule has 0 fully saturated rings. The number of phenols is 1. The molecule has 0 aliphatic carbocycles. The molecule has 0 aliphatic rings. The van der Waals surface area contributed by atoms with E-state index in [9.17, 15) is 20.0 Å². The van der Waals surface area contributed by atoms with Crippen LogP contribution >= 0.6 is 11.6 Å². The molecule has 0 saturated heterocycles. The number of nitrogens with zero attached hydrogens (tertiary/aromatic N) is 1. The Labute approximate surface area is 125 Å². The summed E-state index contributed by atoms with van der Waals surface area (Å²) >= 11 is 5.73. The van der Waals surface area contributed by atoms with Gasteiger partial charge in [0, 0.05) is 17.6 Å². The molecule has 0 saturated carbocycles. The minimum absolute atomic E-state index is 0.00404. The number of phenolic OH excluding ortho intramolecular Hbond substituents is 1. The van der Waals surface area contributed by atoms with Gasteiger partial charge < -0.3 is 10.4 Å². The van der Waals surface area contributed by atoms with Crippen molar-refractivity contribution < 1.29 is 14.8 Å². The third kappa shape index (κ3) is 3.49. The maximum absolute atomic E-state index is 12.0. The molecule has 2 aromatic carbocycles. The van der Waals surface area contributed by atoms with Crippen molar-refractivity contribution >= 4 is 23.2 Å². The molecule has 7 heteroatoms. The zero-order chi connectivity index (χ0) is 15.4. The molecule has 108 valence electrons. The van der Waals surface area contributed by atoms with E-state index in [0.29, 0.717) is 0 Å². The van der Waals surface area contributed by atoms with E-state index in [0.717, 1.165) is 11.6 Å². The zero-order valence-electron chi connectivity index (χ0n) is 10.7. The highest BCUT2D eigenvalue weighted by molar-refractivity contribution is 6.31. The van der Waals surface area contributed by atoms with E-state index in [4.69, 9.17) is 11.6 Å². The van der Waals surface area contributed by atoms with Gasteiger partial charge >= 0.3 is 5.69 Å². The highest BCUT2D eigenvalue weighted by Gasteiger charge is 2.22. The molecular weight excluding hydrogens is 296 g/mol. The lowest BCUT2D eigenvalue weighted by Crippen LogP contribution is -2.23. The topological polar surface area (TPSA) is 92.5 Å². The molecule has 2 N–H and O–H groups in total. The zero-order valence-corrected chi connectivity index (χ0v) is 11.5. The van der Waals surface area contributed by atoms with Gasteiger partial charge in [0.25, 0.3) is 5.91 Å². The number of amides is 1. The number of aromatic hydroxyl groups is 1. The highest BCUT2D eigenvalue weighted by atomic mass is 35.5. The summed E-state index contributed by atoms with van der Waals surface area (Å²) in [6, 6.07) is 11.3. The molecule has 2 aromatic rings. The van der Waals surface area contributed by atoms with Crippen molar-refractivity contribution in [1.82, 2.24) is 5.32 Å². The number of nitrogens with one attached hydrogen (secondary N) is 1. The number of carbonyl (C=O) groups is 1. The van der Waals surface area contributed by atoms with Crippen LogP contribution in [-0.2, 0) is 6.54 Å². The first kappa shape index (κ1) is 14.8. The third-order valence-corrected chi connectivity index (χ3v) is 3.01. The van der Waals surface area contributed by atoms with Crippen LogP contribution in [0.15, 0.2) is 42.5 Å². The van der Waals surface area contributed by atoms with Gasteiger partial charge in [0.1, 0.15) is 0 Å². The van der Waals surface area contributed by atoms with Crippen LogP contribution in [0.2, 0.25) is 5.02 Å². The van der Waals surface area contributed by atoms with Crippen molar-refractivity contribution in [2.45, 2.75) is 6.54 Å². The van der Waals surface area contributed by atoms with Crippen molar-refractivity contribution in [2.75, 3.05) is 0 Å². The summed E-state index contributed by atoms with van der Waals surface area (Å²) in [7, 11) is 0. The minimum Gasteiger partial charge on any atom is -0.502 e. The van der Waals surface area contributed by atoms with Crippen LogP contribution in [0.25, 0.3) is 0 Å². The molecule has 0 atom stereocenters. The average molecular weight is 307 g/mol. The van der Waals surface area contributed by atoms with Gasteiger partial charge in [-0.3, -0.25) is 14.9 Å². The summed E-state index contributed by atoms with van der Waals surface area (Å²) in [5.41, 5.74) is 0.0272. The summed E-state index contributed by atoms with van der Waals surface area (Å²) in [6.45, 7) is 0.236. The number of hydrogen-bond acceptors (Lipinski definition) is 4. The molecule has 0 aromatic heterocycles. The lowest BCUT2D eigenvalue weighted by Gasteiger charge is -2.08. The van der Waals surface area contributed by atoms with Crippen LogP contribution in [0, 0.1) is 10.1 Å². The summed E-state index contributed by atoms with van der Waals surface area (Å²) < 4.78 is 0. The first-order chi connectivity index (χ1) is 9.99. The van der Waals surface area contributed by atoms with Crippen LogP contribution < -0.4 is 5.32 Å². The van der Waals surface area contributed by atoms with Gasteiger partial charge in [-0.05, 0) is 11.6 Å². The fourth-order valence-corrected chi connectivity index (χ4v) is 1.98. The number of nitro groups is 1. The highest BCUT2D eigenvalue weighted by Crippen LogP contribution is 2.33. The molecule has 0 heterocycles.